The summed E-state index contributed by atoms with van der Waals surface area (Å²) in [7, 11) is -2.38. The standard InChI is InChI=1S/C22H25ClN4O4S/c1-15(27(32(4,29)30)20-13-18(23)7-10-21(20)31-3)22(28)25-14-17-5-8-19(9-6-17)26-12-11-24-16(26)2/h5-13,15H,14H2,1-4H3,(H,25,28). The number of aromatic nitrogens is 2. The van der Waals surface area contributed by atoms with Crippen molar-refractivity contribution in [2.24, 2.45) is 0 Å². The average Bonchev–Trinajstić information content (AvgIpc) is 3.17. The van der Waals surface area contributed by atoms with Gasteiger partial charge in [-0.1, -0.05) is 23.7 Å². The largest absolute Gasteiger partial charge is 0.495 e. The third-order valence-electron chi connectivity index (χ3n) is 4.97. The number of ether oxygens (including phenoxy) is 1. The molecule has 1 N–H and O–H groups in total. The van der Waals surface area contributed by atoms with Crippen molar-refractivity contribution in [3.8, 4) is 11.4 Å². The van der Waals surface area contributed by atoms with Gasteiger partial charge in [-0.3, -0.25) is 9.10 Å². The van der Waals surface area contributed by atoms with Crippen LogP contribution in [0.15, 0.2) is 54.9 Å². The SMILES string of the molecule is COc1ccc(Cl)cc1N(C(C)C(=O)NCc1ccc(-n2ccnc2C)cc1)S(C)(=O)=O. The van der Waals surface area contributed by atoms with Gasteiger partial charge in [-0.2, -0.15) is 0 Å². The van der Waals surface area contributed by atoms with E-state index in [0.29, 0.717) is 10.8 Å². The van der Waals surface area contributed by atoms with Crippen molar-refractivity contribution in [3.63, 3.8) is 0 Å². The third-order valence-corrected chi connectivity index (χ3v) is 6.44. The number of benzene rings is 2. The Balaban J connectivity index is 1.76. The second-order valence-electron chi connectivity index (χ2n) is 7.28. The Kier molecular flexibility index (Phi) is 7.10. The normalized spacial score (nSPS) is 12.3. The molecule has 10 heteroatoms. The number of aryl methyl sites for hydroxylation is 1. The van der Waals surface area contributed by atoms with Crippen molar-refractivity contribution >= 4 is 33.2 Å². The van der Waals surface area contributed by atoms with Gasteiger partial charge >= 0.3 is 0 Å². The van der Waals surface area contributed by atoms with Crippen molar-refractivity contribution in [1.82, 2.24) is 14.9 Å². The lowest BCUT2D eigenvalue weighted by atomic mass is 10.2. The number of amides is 1. The molecule has 0 saturated heterocycles. The number of carbonyl (C=O) groups excluding carboxylic acids is 1. The first-order valence-electron chi connectivity index (χ1n) is 9.81. The fraction of sp³-hybridized carbons (Fsp3) is 0.273. The first kappa shape index (κ1) is 23.6. The summed E-state index contributed by atoms with van der Waals surface area (Å²) in [4.78, 5) is 17.1. The van der Waals surface area contributed by atoms with Crippen LogP contribution in [0.4, 0.5) is 5.69 Å². The molecule has 8 nitrogen and oxygen atoms in total. The summed E-state index contributed by atoms with van der Waals surface area (Å²) in [5, 5.41) is 3.13. The van der Waals surface area contributed by atoms with Gasteiger partial charge in [0.1, 0.15) is 17.6 Å². The Morgan fingerprint density at radius 2 is 1.94 bits per heavy atom. The molecule has 0 spiro atoms. The average molecular weight is 477 g/mol. The van der Waals surface area contributed by atoms with E-state index in [-0.39, 0.29) is 12.2 Å². The molecule has 1 aromatic heterocycles. The van der Waals surface area contributed by atoms with E-state index in [2.05, 4.69) is 10.3 Å². The second kappa shape index (κ2) is 9.62. The highest BCUT2D eigenvalue weighted by Crippen LogP contribution is 2.34. The van der Waals surface area contributed by atoms with Crippen LogP contribution in [0.3, 0.4) is 0 Å². The highest BCUT2D eigenvalue weighted by Gasteiger charge is 2.31. The van der Waals surface area contributed by atoms with Gasteiger partial charge in [0.05, 0.1) is 19.1 Å². The number of nitrogens with zero attached hydrogens (tertiary/aromatic N) is 3. The zero-order chi connectivity index (χ0) is 23.5. The molecule has 3 aromatic rings. The van der Waals surface area contributed by atoms with Crippen LogP contribution in [0.25, 0.3) is 5.69 Å². The maximum absolute atomic E-state index is 12.9. The molecule has 1 heterocycles. The molecule has 170 valence electrons. The Morgan fingerprint density at radius 3 is 2.50 bits per heavy atom. The van der Waals surface area contributed by atoms with Gasteiger partial charge in [0.2, 0.25) is 15.9 Å². The zero-order valence-corrected chi connectivity index (χ0v) is 19.8. The van der Waals surface area contributed by atoms with Gasteiger partial charge in [-0.25, -0.2) is 13.4 Å². The van der Waals surface area contributed by atoms with Crippen molar-refractivity contribution < 1.29 is 17.9 Å². The number of rotatable bonds is 8. The minimum atomic E-state index is -3.80. The van der Waals surface area contributed by atoms with Gasteiger partial charge in [-0.05, 0) is 49.7 Å². The summed E-state index contributed by atoms with van der Waals surface area (Å²) in [6.45, 7) is 3.68. The van der Waals surface area contributed by atoms with Gasteiger partial charge in [0.25, 0.3) is 0 Å². The van der Waals surface area contributed by atoms with E-state index < -0.39 is 22.0 Å². The number of sulfonamides is 1. The van der Waals surface area contributed by atoms with Crippen LogP contribution < -0.4 is 14.4 Å². The number of hydrogen-bond donors (Lipinski definition) is 1. The van der Waals surface area contributed by atoms with Crippen LogP contribution in [-0.4, -0.2) is 43.3 Å². The number of anilines is 1. The zero-order valence-electron chi connectivity index (χ0n) is 18.2. The Labute approximate surface area is 192 Å². The van der Waals surface area contributed by atoms with Crippen LogP contribution >= 0.6 is 11.6 Å². The monoisotopic (exact) mass is 476 g/mol. The van der Waals surface area contributed by atoms with E-state index >= 15 is 0 Å². The highest BCUT2D eigenvalue weighted by molar-refractivity contribution is 7.92. The molecule has 0 aliphatic carbocycles. The van der Waals surface area contributed by atoms with Crippen LogP contribution in [-0.2, 0) is 21.4 Å². The predicted octanol–water partition coefficient (Wildman–Crippen LogP) is 3.31. The van der Waals surface area contributed by atoms with Crippen LogP contribution in [0.1, 0.15) is 18.3 Å². The number of methoxy groups -OCH3 is 1. The van der Waals surface area contributed by atoms with Crippen LogP contribution in [0.2, 0.25) is 5.02 Å². The molecule has 32 heavy (non-hydrogen) atoms. The molecule has 2 aromatic carbocycles. The topological polar surface area (TPSA) is 93.5 Å². The summed E-state index contributed by atoms with van der Waals surface area (Å²) in [6, 6.07) is 11.2. The lowest BCUT2D eigenvalue weighted by Crippen LogP contribution is -2.47. The van der Waals surface area contributed by atoms with Crippen LogP contribution in [0, 0.1) is 6.92 Å². The number of nitrogens with one attached hydrogen (secondary N) is 1. The molecule has 0 fully saturated rings. The van der Waals surface area contributed by atoms with Gasteiger partial charge in [-0.15, -0.1) is 0 Å². The Morgan fingerprint density at radius 1 is 1.25 bits per heavy atom. The molecule has 1 amide bonds. The molecule has 0 aliphatic rings. The van der Waals surface area contributed by atoms with Gasteiger partial charge in [0.15, 0.2) is 0 Å². The van der Waals surface area contributed by atoms with Crippen molar-refractivity contribution in [1.29, 1.82) is 0 Å². The molecular formula is C22H25ClN4O4S. The maximum Gasteiger partial charge on any atom is 0.243 e. The molecule has 1 atom stereocenters. The predicted molar refractivity (Wildman–Crippen MR) is 125 cm³/mol. The van der Waals surface area contributed by atoms with E-state index in [9.17, 15) is 13.2 Å². The minimum Gasteiger partial charge on any atom is -0.495 e. The number of carbonyl (C=O) groups is 1. The fourth-order valence-corrected chi connectivity index (χ4v) is 4.71. The number of halogens is 1. The van der Waals surface area contributed by atoms with E-state index in [1.807, 2.05) is 42.0 Å². The Bertz CT molecular complexity index is 1210. The molecule has 0 radical (unpaired) electrons. The van der Waals surface area contributed by atoms with E-state index in [4.69, 9.17) is 16.3 Å². The van der Waals surface area contributed by atoms with Gasteiger partial charge < -0.3 is 14.6 Å². The lowest BCUT2D eigenvalue weighted by Gasteiger charge is -2.29. The fourth-order valence-electron chi connectivity index (χ4n) is 3.38. The summed E-state index contributed by atoms with van der Waals surface area (Å²) >= 11 is 6.07. The summed E-state index contributed by atoms with van der Waals surface area (Å²) in [5.41, 5.74) is 2.03. The molecule has 0 aliphatic heterocycles. The van der Waals surface area contributed by atoms with E-state index in [1.165, 1.54) is 20.1 Å². The highest BCUT2D eigenvalue weighted by atomic mass is 35.5. The van der Waals surface area contributed by atoms with Crippen molar-refractivity contribution in [2.45, 2.75) is 26.4 Å². The molecule has 0 bridgehead atoms. The second-order valence-corrected chi connectivity index (χ2v) is 9.58. The van der Waals surface area contributed by atoms with E-state index in [1.54, 1.807) is 18.3 Å². The quantitative estimate of drug-likeness (QED) is 0.538. The van der Waals surface area contributed by atoms with Crippen LogP contribution in [0.5, 0.6) is 5.75 Å². The van der Waals surface area contributed by atoms with Crippen molar-refractivity contribution in [2.75, 3.05) is 17.7 Å². The van der Waals surface area contributed by atoms with Crippen molar-refractivity contribution in [3.05, 3.63) is 71.3 Å². The van der Waals surface area contributed by atoms with Gasteiger partial charge in [0, 0.05) is 29.6 Å². The number of imidazole rings is 1. The summed E-state index contributed by atoms with van der Waals surface area (Å²) in [5.74, 6) is 0.717. The smallest absolute Gasteiger partial charge is 0.243 e. The minimum absolute atomic E-state index is 0.199. The molecular weight excluding hydrogens is 452 g/mol. The van der Waals surface area contributed by atoms with E-state index in [0.717, 1.165) is 27.6 Å². The summed E-state index contributed by atoms with van der Waals surface area (Å²) in [6.07, 6.45) is 4.64. The molecule has 1 unspecified atom stereocenters. The maximum atomic E-state index is 12.9. The lowest BCUT2D eigenvalue weighted by molar-refractivity contribution is -0.122. The third kappa shape index (κ3) is 5.23. The first-order valence-corrected chi connectivity index (χ1v) is 12.0. The summed E-state index contributed by atoms with van der Waals surface area (Å²) < 4.78 is 33.3. The first-order chi connectivity index (χ1) is 15.1. The Hall–Kier alpha value is -3.04. The molecule has 3 rings (SSSR count). The molecule has 0 saturated carbocycles. The number of hydrogen-bond acceptors (Lipinski definition) is 5.